The minimum absolute atomic E-state index is 0.251. The molecule has 0 bridgehead atoms. The Labute approximate surface area is 104 Å². The highest BCUT2D eigenvalue weighted by molar-refractivity contribution is 5.49. The summed E-state index contributed by atoms with van der Waals surface area (Å²) >= 11 is 0. The van der Waals surface area contributed by atoms with Crippen LogP contribution in [-0.4, -0.2) is 32.3 Å². The van der Waals surface area contributed by atoms with Crippen molar-refractivity contribution in [3.63, 3.8) is 0 Å². The molecule has 1 saturated heterocycles. The Morgan fingerprint density at radius 3 is 2.53 bits per heavy atom. The molecule has 1 aromatic carbocycles. The molecule has 17 heavy (non-hydrogen) atoms. The van der Waals surface area contributed by atoms with Gasteiger partial charge in [0.05, 0.1) is 7.11 Å². The van der Waals surface area contributed by atoms with Crippen molar-refractivity contribution in [2.75, 3.05) is 31.6 Å². The van der Waals surface area contributed by atoms with Gasteiger partial charge in [-0.05, 0) is 44.5 Å². The van der Waals surface area contributed by atoms with Crippen molar-refractivity contribution in [3.05, 3.63) is 24.3 Å². The van der Waals surface area contributed by atoms with E-state index in [9.17, 15) is 0 Å². The van der Waals surface area contributed by atoms with Crippen molar-refractivity contribution in [1.82, 2.24) is 5.32 Å². The average molecular weight is 234 g/mol. The van der Waals surface area contributed by atoms with E-state index in [1.54, 1.807) is 7.11 Å². The molecule has 1 fully saturated rings. The van der Waals surface area contributed by atoms with Gasteiger partial charge in [0.1, 0.15) is 5.75 Å². The summed E-state index contributed by atoms with van der Waals surface area (Å²) in [6.07, 6.45) is 1.17. The molecule has 0 saturated carbocycles. The predicted molar refractivity (Wildman–Crippen MR) is 71.9 cm³/mol. The van der Waals surface area contributed by atoms with Gasteiger partial charge in [0.25, 0.3) is 0 Å². The van der Waals surface area contributed by atoms with Crippen molar-refractivity contribution < 1.29 is 4.74 Å². The predicted octanol–water partition coefficient (Wildman–Crippen LogP) is 2.27. The normalized spacial score (nSPS) is 19.8. The Hall–Kier alpha value is -1.22. The highest BCUT2D eigenvalue weighted by atomic mass is 16.5. The molecule has 3 nitrogen and oxygen atoms in total. The van der Waals surface area contributed by atoms with Crippen molar-refractivity contribution in [2.24, 2.45) is 0 Å². The van der Waals surface area contributed by atoms with Crippen LogP contribution in [0.2, 0.25) is 0 Å². The zero-order valence-electron chi connectivity index (χ0n) is 11.0. The van der Waals surface area contributed by atoms with Gasteiger partial charge in [-0.1, -0.05) is 0 Å². The Balaban J connectivity index is 2.06. The number of benzene rings is 1. The zero-order valence-corrected chi connectivity index (χ0v) is 11.0. The summed E-state index contributed by atoms with van der Waals surface area (Å²) in [4.78, 5) is 2.43. The van der Waals surface area contributed by atoms with Crippen LogP contribution in [0.25, 0.3) is 0 Å². The molecule has 1 N–H and O–H groups in total. The third kappa shape index (κ3) is 3.13. The highest BCUT2D eigenvalue weighted by Gasteiger charge is 2.22. The molecule has 0 aromatic heterocycles. The monoisotopic (exact) mass is 234 g/mol. The van der Waals surface area contributed by atoms with E-state index in [4.69, 9.17) is 4.74 Å². The summed E-state index contributed by atoms with van der Waals surface area (Å²) in [5.41, 5.74) is 1.53. The van der Waals surface area contributed by atoms with Crippen LogP contribution in [0.5, 0.6) is 5.75 Å². The van der Waals surface area contributed by atoms with Gasteiger partial charge in [-0.15, -0.1) is 0 Å². The van der Waals surface area contributed by atoms with E-state index in [0.29, 0.717) is 0 Å². The first kappa shape index (κ1) is 12.2. The fourth-order valence-electron chi connectivity index (χ4n) is 2.20. The maximum atomic E-state index is 5.18. The smallest absolute Gasteiger partial charge is 0.119 e. The molecule has 0 atom stereocenters. The van der Waals surface area contributed by atoms with Crippen LogP contribution in [0.1, 0.15) is 20.3 Å². The molecule has 0 unspecified atom stereocenters. The van der Waals surface area contributed by atoms with Crippen molar-refractivity contribution in [1.29, 1.82) is 0 Å². The van der Waals surface area contributed by atoms with Gasteiger partial charge in [-0.2, -0.15) is 0 Å². The number of hydrogen-bond acceptors (Lipinski definition) is 3. The lowest BCUT2D eigenvalue weighted by Gasteiger charge is -2.24. The largest absolute Gasteiger partial charge is 0.497 e. The summed E-state index contributed by atoms with van der Waals surface area (Å²) in [6, 6.07) is 8.33. The summed E-state index contributed by atoms with van der Waals surface area (Å²) < 4.78 is 5.18. The number of rotatable bonds is 2. The van der Waals surface area contributed by atoms with Crippen LogP contribution in [0, 0.1) is 0 Å². The lowest BCUT2D eigenvalue weighted by atomic mass is 10.0. The van der Waals surface area contributed by atoms with Crippen LogP contribution >= 0.6 is 0 Å². The van der Waals surface area contributed by atoms with Crippen molar-refractivity contribution in [3.8, 4) is 5.75 Å². The molecular weight excluding hydrogens is 212 g/mol. The van der Waals surface area contributed by atoms with Crippen LogP contribution < -0.4 is 15.0 Å². The zero-order chi connectivity index (χ0) is 12.3. The van der Waals surface area contributed by atoms with E-state index >= 15 is 0 Å². The topological polar surface area (TPSA) is 24.5 Å². The first-order valence-electron chi connectivity index (χ1n) is 6.25. The third-order valence-electron chi connectivity index (χ3n) is 3.43. The Morgan fingerprint density at radius 2 is 1.88 bits per heavy atom. The summed E-state index contributed by atoms with van der Waals surface area (Å²) in [5, 5.41) is 3.58. The van der Waals surface area contributed by atoms with Gasteiger partial charge >= 0.3 is 0 Å². The lowest BCUT2D eigenvalue weighted by Crippen LogP contribution is -2.39. The van der Waals surface area contributed by atoms with Crippen LogP contribution in [0.4, 0.5) is 5.69 Å². The van der Waals surface area contributed by atoms with E-state index in [0.717, 1.165) is 25.4 Å². The SMILES string of the molecule is COc1ccc(N2CCNC(C)(C)CC2)cc1. The van der Waals surface area contributed by atoms with Crippen molar-refractivity contribution >= 4 is 5.69 Å². The van der Waals surface area contributed by atoms with E-state index in [1.165, 1.54) is 12.1 Å². The number of nitrogens with one attached hydrogen (secondary N) is 1. The first-order valence-corrected chi connectivity index (χ1v) is 6.25. The Kier molecular flexibility index (Phi) is 3.57. The van der Waals surface area contributed by atoms with Gasteiger partial charge in [-0.3, -0.25) is 0 Å². The Morgan fingerprint density at radius 1 is 1.18 bits per heavy atom. The molecule has 2 rings (SSSR count). The molecule has 0 radical (unpaired) electrons. The molecule has 3 heteroatoms. The molecular formula is C14H22N2O. The van der Waals surface area contributed by atoms with Gasteiger partial charge in [0.15, 0.2) is 0 Å². The van der Waals surface area contributed by atoms with Gasteiger partial charge < -0.3 is 15.0 Å². The fourth-order valence-corrected chi connectivity index (χ4v) is 2.20. The molecule has 0 aliphatic carbocycles. The molecule has 1 aliphatic heterocycles. The minimum Gasteiger partial charge on any atom is -0.497 e. The summed E-state index contributed by atoms with van der Waals surface area (Å²) in [5.74, 6) is 0.919. The van der Waals surface area contributed by atoms with Gasteiger partial charge in [0, 0.05) is 30.9 Å². The summed E-state index contributed by atoms with van der Waals surface area (Å²) in [6.45, 7) is 7.75. The molecule has 0 amide bonds. The molecule has 94 valence electrons. The van der Waals surface area contributed by atoms with Crippen molar-refractivity contribution in [2.45, 2.75) is 25.8 Å². The minimum atomic E-state index is 0.251. The van der Waals surface area contributed by atoms with E-state index in [-0.39, 0.29) is 5.54 Å². The number of ether oxygens (including phenoxy) is 1. The van der Waals surface area contributed by atoms with E-state index < -0.39 is 0 Å². The second-order valence-electron chi connectivity index (χ2n) is 5.25. The molecule has 1 aromatic rings. The van der Waals surface area contributed by atoms with E-state index in [2.05, 4.69) is 36.2 Å². The summed E-state index contributed by atoms with van der Waals surface area (Å²) in [7, 11) is 1.70. The molecule has 1 heterocycles. The standard InChI is InChI=1S/C14H22N2O/c1-14(2)8-10-16(11-9-15-14)12-4-6-13(17-3)7-5-12/h4-7,15H,8-11H2,1-3H3. The molecule has 0 spiro atoms. The average Bonchev–Trinajstić information content (AvgIpc) is 2.50. The number of hydrogen-bond donors (Lipinski definition) is 1. The van der Waals surface area contributed by atoms with E-state index in [1.807, 2.05) is 12.1 Å². The fraction of sp³-hybridized carbons (Fsp3) is 0.571. The van der Waals surface area contributed by atoms with Gasteiger partial charge in [-0.25, -0.2) is 0 Å². The third-order valence-corrected chi connectivity index (χ3v) is 3.43. The first-order chi connectivity index (χ1) is 8.11. The highest BCUT2D eigenvalue weighted by Crippen LogP contribution is 2.22. The maximum absolute atomic E-state index is 5.18. The molecule has 1 aliphatic rings. The number of anilines is 1. The number of methoxy groups -OCH3 is 1. The van der Waals surface area contributed by atoms with Gasteiger partial charge in [0.2, 0.25) is 0 Å². The number of nitrogens with zero attached hydrogens (tertiary/aromatic N) is 1. The lowest BCUT2D eigenvalue weighted by molar-refractivity contribution is 0.394. The van der Waals surface area contributed by atoms with Crippen LogP contribution in [0.3, 0.4) is 0 Å². The van der Waals surface area contributed by atoms with Crippen LogP contribution in [-0.2, 0) is 0 Å². The maximum Gasteiger partial charge on any atom is 0.119 e. The second-order valence-corrected chi connectivity index (χ2v) is 5.25. The van der Waals surface area contributed by atoms with Crippen LogP contribution in [0.15, 0.2) is 24.3 Å². The second kappa shape index (κ2) is 4.96. The quantitative estimate of drug-likeness (QED) is 0.849. The Bertz CT molecular complexity index is 359.